The molecule has 1 aliphatic rings. The molecule has 0 unspecified atom stereocenters. The first-order chi connectivity index (χ1) is 16.3. The molecule has 0 bridgehead atoms. The molecule has 0 N–H and O–H groups in total. The zero-order chi connectivity index (χ0) is 24.2. The quantitative estimate of drug-likeness (QED) is 0.155. The standard InChI is InChI=1S/C25H17FINO5S/c1-32-21-11-16(7-10-20(21)33-24(30)17-3-2-4-18(26)13-17)12-22-23(29)28(25(31)34-22)14-15-5-8-19(27)9-6-15/h2-13H,14H2,1H3/b22-12-. The summed E-state index contributed by atoms with van der Waals surface area (Å²) in [6.07, 6.45) is 1.58. The normalized spacial score (nSPS) is 14.6. The van der Waals surface area contributed by atoms with Crippen LogP contribution in [0.2, 0.25) is 0 Å². The first kappa shape index (κ1) is 24.0. The minimum atomic E-state index is -0.734. The fraction of sp³-hybridized carbons (Fsp3) is 0.0800. The van der Waals surface area contributed by atoms with Crippen molar-refractivity contribution in [2.45, 2.75) is 6.54 Å². The van der Waals surface area contributed by atoms with E-state index in [1.54, 1.807) is 18.2 Å². The number of ether oxygens (including phenoxy) is 2. The number of imide groups is 1. The number of methoxy groups -OCH3 is 1. The number of esters is 1. The Morgan fingerprint density at radius 2 is 1.82 bits per heavy atom. The lowest BCUT2D eigenvalue weighted by Crippen LogP contribution is -2.27. The summed E-state index contributed by atoms with van der Waals surface area (Å²) in [5.41, 5.74) is 1.50. The number of amides is 2. The van der Waals surface area contributed by atoms with Crippen LogP contribution in [-0.4, -0.2) is 29.1 Å². The van der Waals surface area contributed by atoms with Gasteiger partial charge < -0.3 is 9.47 Å². The summed E-state index contributed by atoms with van der Waals surface area (Å²) in [5.74, 6) is -1.28. The lowest BCUT2D eigenvalue weighted by Gasteiger charge is -2.12. The van der Waals surface area contributed by atoms with Gasteiger partial charge in [0.2, 0.25) is 0 Å². The summed E-state index contributed by atoms with van der Waals surface area (Å²) < 4.78 is 25.1. The van der Waals surface area contributed by atoms with Crippen molar-refractivity contribution in [3.63, 3.8) is 0 Å². The van der Waals surface area contributed by atoms with Gasteiger partial charge in [-0.05, 0) is 94.0 Å². The molecule has 2 amide bonds. The van der Waals surface area contributed by atoms with Gasteiger partial charge in [0.15, 0.2) is 11.5 Å². The minimum Gasteiger partial charge on any atom is -0.493 e. The summed E-state index contributed by atoms with van der Waals surface area (Å²) in [5, 5.41) is -0.345. The summed E-state index contributed by atoms with van der Waals surface area (Å²) in [6, 6.07) is 17.5. The van der Waals surface area contributed by atoms with Crippen molar-refractivity contribution in [2.24, 2.45) is 0 Å². The molecule has 34 heavy (non-hydrogen) atoms. The number of carbonyl (C=O) groups excluding carboxylic acids is 3. The molecule has 0 atom stereocenters. The van der Waals surface area contributed by atoms with Gasteiger partial charge in [0.05, 0.1) is 24.1 Å². The highest BCUT2D eigenvalue weighted by molar-refractivity contribution is 14.1. The number of rotatable bonds is 6. The van der Waals surface area contributed by atoms with Gasteiger partial charge in [-0.2, -0.15) is 0 Å². The third-order valence-electron chi connectivity index (χ3n) is 4.88. The van der Waals surface area contributed by atoms with Crippen molar-refractivity contribution >= 4 is 57.5 Å². The molecule has 3 aromatic rings. The van der Waals surface area contributed by atoms with E-state index in [1.165, 1.54) is 36.3 Å². The lowest BCUT2D eigenvalue weighted by atomic mass is 10.1. The number of thioether (sulfide) groups is 1. The maximum atomic E-state index is 13.4. The van der Waals surface area contributed by atoms with Gasteiger partial charge in [-0.15, -0.1) is 0 Å². The first-order valence-corrected chi connectivity index (χ1v) is 11.9. The maximum absolute atomic E-state index is 13.4. The monoisotopic (exact) mass is 589 g/mol. The van der Waals surface area contributed by atoms with Crippen LogP contribution >= 0.6 is 34.4 Å². The fourth-order valence-electron chi connectivity index (χ4n) is 3.19. The number of hydrogen-bond donors (Lipinski definition) is 0. The Morgan fingerprint density at radius 1 is 1.06 bits per heavy atom. The Morgan fingerprint density at radius 3 is 2.53 bits per heavy atom. The average molecular weight is 589 g/mol. The van der Waals surface area contributed by atoms with Gasteiger partial charge in [-0.25, -0.2) is 9.18 Å². The zero-order valence-corrected chi connectivity index (χ0v) is 20.8. The van der Waals surface area contributed by atoms with Gasteiger partial charge in [-0.3, -0.25) is 14.5 Å². The Hall–Kier alpha value is -3.18. The summed E-state index contributed by atoms with van der Waals surface area (Å²) in [6.45, 7) is 0.192. The summed E-state index contributed by atoms with van der Waals surface area (Å²) in [4.78, 5) is 39.1. The number of benzene rings is 3. The molecule has 6 nitrogen and oxygen atoms in total. The molecule has 1 saturated heterocycles. The van der Waals surface area contributed by atoms with Gasteiger partial charge in [0, 0.05) is 3.57 Å². The van der Waals surface area contributed by atoms with E-state index >= 15 is 0 Å². The van der Waals surface area contributed by atoms with Crippen LogP contribution in [-0.2, 0) is 11.3 Å². The largest absolute Gasteiger partial charge is 0.493 e. The molecule has 1 fully saturated rings. The third kappa shape index (κ3) is 5.48. The van der Waals surface area contributed by atoms with E-state index in [-0.39, 0.29) is 39.7 Å². The molecule has 0 saturated carbocycles. The smallest absolute Gasteiger partial charge is 0.343 e. The van der Waals surface area contributed by atoms with Crippen molar-refractivity contribution in [2.75, 3.05) is 7.11 Å². The molecule has 0 aliphatic carbocycles. The van der Waals surface area contributed by atoms with Crippen molar-refractivity contribution in [1.29, 1.82) is 0 Å². The highest BCUT2D eigenvalue weighted by Gasteiger charge is 2.35. The molecular formula is C25H17FINO5S. The van der Waals surface area contributed by atoms with Gasteiger partial charge >= 0.3 is 5.97 Å². The van der Waals surface area contributed by atoms with E-state index < -0.39 is 11.8 Å². The molecule has 9 heteroatoms. The van der Waals surface area contributed by atoms with Crippen LogP contribution < -0.4 is 9.47 Å². The number of hydrogen-bond acceptors (Lipinski definition) is 6. The summed E-state index contributed by atoms with van der Waals surface area (Å²) >= 11 is 3.05. The van der Waals surface area contributed by atoms with Crippen molar-refractivity contribution in [1.82, 2.24) is 4.90 Å². The molecular weight excluding hydrogens is 572 g/mol. The summed E-state index contributed by atoms with van der Waals surface area (Å²) in [7, 11) is 1.41. The second kappa shape index (κ2) is 10.4. The molecule has 0 radical (unpaired) electrons. The molecule has 3 aromatic carbocycles. The highest BCUT2D eigenvalue weighted by Crippen LogP contribution is 2.35. The SMILES string of the molecule is COc1cc(/C=C2\SC(=O)N(Cc3ccc(I)cc3)C2=O)ccc1OC(=O)c1cccc(F)c1. The van der Waals surface area contributed by atoms with E-state index in [1.807, 2.05) is 24.3 Å². The highest BCUT2D eigenvalue weighted by atomic mass is 127. The third-order valence-corrected chi connectivity index (χ3v) is 6.50. The predicted octanol–water partition coefficient (Wildman–Crippen LogP) is 5.89. The van der Waals surface area contributed by atoms with Crippen molar-refractivity contribution in [3.8, 4) is 11.5 Å². The van der Waals surface area contributed by atoms with E-state index in [0.717, 1.165) is 27.0 Å². The zero-order valence-electron chi connectivity index (χ0n) is 17.8. The van der Waals surface area contributed by atoms with Crippen molar-refractivity contribution < 1.29 is 28.2 Å². The van der Waals surface area contributed by atoms with Crippen LogP contribution in [0, 0.1) is 9.39 Å². The molecule has 0 aromatic heterocycles. The Labute approximate surface area is 212 Å². The second-order valence-corrected chi connectivity index (χ2v) is 9.44. The second-order valence-electron chi connectivity index (χ2n) is 7.20. The van der Waals surface area contributed by atoms with E-state index in [2.05, 4.69) is 22.6 Å². The van der Waals surface area contributed by atoms with Crippen molar-refractivity contribution in [3.05, 3.63) is 97.7 Å². The number of halogens is 2. The number of carbonyl (C=O) groups is 3. The maximum Gasteiger partial charge on any atom is 0.343 e. The molecule has 1 heterocycles. The van der Waals surface area contributed by atoms with E-state index in [0.29, 0.717) is 5.56 Å². The molecule has 172 valence electrons. The minimum absolute atomic E-state index is 0.0629. The first-order valence-electron chi connectivity index (χ1n) is 9.99. The van der Waals surface area contributed by atoms with Crippen LogP contribution in [0.25, 0.3) is 6.08 Å². The molecule has 1 aliphatic heterocycles. The fourth-order valence-corrected chi connectivity index (χ4v) is 4.39. The van der Waals surface area contributed by atoms with Crippen LogP contribution in [0.15, 0.2) is 71.6 Å². The lowest BCUT2D eigenvalue weighted by molar-refractivity contribution is -0.123. The van der Waals surface area contributed by atoms with Crippen LogP contribution in [0.4, 0.5) is 9.18 Å². The van der Waals surface area contributed by atoms with Crippen LogP contribution in [0.3, 0.4) is 0 Å². The predicted molar refractivity (Wildman–Crippen MR) is 135 cm³/mol. The van der Waals surface area contributed by atoms with Crippen LogP contribution in [0.1, 0.15) is 21.5 Å². The van der Waals surface area contributed by atoms with E-state index in [4.69, 9.17) is 9.47 Å². The average Bonchev–Trinajstić information content (AvgIpc) is 3.08. The van der Waals surface area contributed by atoms with Gasteiger partial charge in [0.25, 0.3) is 11.1 Å². The van der Waals surface area contributed by atoms with Gasteiger partial charge in [-0.1, -0.05) is 24.3 Å². The molecule has 0 spiro atoms. The topological polar surface area (TPSA) is 72.9 Å². The Bertz CT molecular complexity index is 1310. The number of nitrogens with zero attached hydrogens (tertiary/aromatic N) is 1. The molecule has 4 rings (SSSR count). The van der Waals surface area contributed by atoms with Crippen LogP contribution in [0.5, 0.6) is 11.5 Å². The van der Waals surface area contributed by atoms with Gasteiger partial charge in [0.1, 0.15) is 5.82 Å². The van der Waals surface area contributed by atoms with E-state index in [9.17, 15) is 18.8 Å². The Kier molecular flexibility index (Phi) is 7.32. The Balaban J connectivity index is 1.51.